The SMILES string of the molecule is CC(=O)Nc1ccc(NC(=O)N2CCC[C@@H](C)C2)cc1Cl. The maximum Gasteiger partial charge on any atom is 0.321 e. The van der Waals surface area contributed by atoms with E-state index in [-0.39, 0.29) is 11.9 Å². The van der Waals surface area contributed by atoms with Gasteiger partial charge in [-0.15, -0.1) is 0 Å². The number of carbonyl (C=O) groups excluding carboxylic acids is 2. The summed E-state index contributed by atoms with van der Waals surface area (Å²) in [5.74, 6) is 0.353. The highest BCUT2D eigenvalue weighted by molar-refractivity contribution is 6.34. The van der Waals surface area contributed by atoms with Crippen LogP contribution in [0.5, 0.6) is 0 Å². The van der Waals surface area contributed by atoms with Crippen LogP contribution >= 0.6 is 11.6 Å². The Bertz CT molecular complexity index is 548. The number of benzene rings is 1. The predicted octanol–water partition coefficient (Wildman–Crippen LogP) is 3.56. The van der Waals surface area contributed by atoms with Gasteiger partial charge in [0.05, 0.1) is 10.7 Å². The van der Waals surface area contributed by atoms with E-state index >= 15 is 0 Å². The number of amides is 3. The van der Waals surface area contributed by atoms with E-state index in [1.165, 1.54) is 13.3 Å². The zero-order chi connectivity index (χ0) is 15.4. The van der Waals surface area contributed by atoms with Gasteiger partial charge in [-0.25, -0.2) is 4.79 Å². The largest absolute Gasteiger partial charge is 0.325 e. The van der Waals surface area contributed by atoms with Crippen molar-refractivity contribution in [3.8, 4) is 0 Å². The van der Waals surface area contributed by atoms with Crippen LogP contribution in [-0.2, 0) is 4.79 Å². The molecule has 21 heavy (non-hydrogen) atoms. The Morgan fingerprint density at radius 1 is 1.33 bits per heavy atom. The molecule has 1 fully saturated rings. The lowest BCUT2D eigenvalue weighted by atomic mass is 10.0. The highest BCUT2D eigenvalue weighted by Gasteiger charge is 2.21. The zero-order valence-corrected chi connectivity index (χ0v) is 13.0. The first-order valence-electron chi connectivity index (χ1n) is 7.09. The molecule has 1 aliphatic heterocycles. The van der Waals surface area contributed by atoms with E-state index in [4.69, 9.17) is 11.6 Å². The van der Waals surface area contributed by atoms with E-state index in [1.54, 1.807) is 18.2 Å². The molecule has 2 N–H and O–H groups in total. The summed E-state index contributed by atoms with van der Waals surface area (Å²) in [5.41, 5.74) is 1.16. The van der Waals surface area contributed by atoms with Crippen LogP contribution in [-0.4, -0.2) is 29.9 Å². The molecule has 0 unspecified atom stereocenters. The fourth-order valence-corrected chi connectivity index (χ4v) is 2.69. The Morgan fingerprint density at radius 2 is 2.10 bits per heavy atom. The third-order valence-electron chi connectivity index (χ3n) is 3.48. The number of likely N-dealkylation sites (tertiary alicyclic amines) is 1. The Hall–Kier alpha value is -1.75. The van der Waals surface area contributed by atoms with Crippen LogP contribution in [0.2, 0.25) is 5.02 Å². The summed E-state index contributed by atoms with van der Waals surface area (Å²) in [7, 11) is 0. The van der Waals surface area contributed by atoms with Crippen LogP contribution in [0.4, 0.5) is 16.2 Å². The first-order chi connectivity index (χ1) is 9.95. The minimum absolute atomic E-state index is 0.107. The molecule has 1 aliphatic rings. The Kier molecular flexibility index (Phi) is 5.07. The number of urea groups is 1. The van der Waals surface area contributed by atoms with Crippen molar-refractivity contribution in [2.24, 2.45) is 5.92 Å². The lowest BCUT2D eigenvalue weighted by molar-refractivity contribution is -0.114. The molecular formula is C15H20ClN3O2. The van der Waals surface area contributed by atoms with Crippen LogP contribution in [0, 0.1) is 5.92 Å². The molecule has 1 saturated heterocycles. The van der Waals surface area contributed by atoms with Crippen molar-refractivity contribution in [3.63, 3.8) is 0 Å². The molecule has 1 aromatic rings. The lowest BCUT2D eigenvalue weighted by Gasteiger charge is -2.31. The average molecular weight is 310 g/mol. The first-order valence-corrected chi connectivity index (χ1v) is 7.46. The standard InChI is InChI=1S/C15H20ClN3O2/c1-10-4-3-7-19(9-10)15(21)18-12-5-6-14(13(16)8-12)17-11(2)20/h5-6,8,10H,3-4,7,9H2,1-2H3,(H,17,20)(H,18,21)/t10-/m1/s1. The minimum atomic E-state index is -0.184. The van der Waals surface area contributed by atoms with Crippen LogP contribution < -0.4 is 10.6 Å². The van der Waals surface area contributed by atoms with Gasteiger partial charge in [-0.3, -0.25) is 4.79 Å². The first kappa shape index (κ1) is 15.6. The van der Waals surface area contributed by atoms with Gasteiger partial charge in [0.25, 0.3) is 0 Å². The highest BCUT2D eigenvalue weighted by atomic mass is 35.5. The smallest absolute Gasteiger partial charge is 0.321 e. The average Bonchev–Trinajstić information content (AvgIpc) is 2.41. The normalized spacial score (nSPS) is 18.2. The topological polar surface area (TPSA) is 61.4 Å². The minimum Gasteiger partial charge on any atom is -0.325 e. The molecular weight excluding hydrogens is 290 g/mol. The number of carbonyl (C=O) groups is 2. The van der Waals surface area contributed by atoms with Gasteiger partial charge in [-0.05, 0) is 37.0 Å². The van der Waals surface area contributed by atoms with Gasteiger partial charge in [-0.2, -0.15) is 0 Å². The molecule has 0 aliphatic carbocycles. The Labute approximate surface area is 129 Å². The number of hydrogen-bond acceptors (Lipinski definition) is 2. The van der Waals surface area contributed by atoms with Gasteiger partial charge < -0.3 is 15.5 Å². The summed E-state index contributed by atoms with van der Waals surface area (Å²) in [6.45, 7) is 5.14. The molecule has 3 amide bonds. The molecule has 0 spiro atoms. The fourth-order valence-electron chi connectivity index (χ4n) is 2.46. The number of nitrogens with one attached hydrogen (secondary N) is 2. The van der Waals surface area contributed by atoms with Gasteiger partial charge in [0.15, 0.2) is 0 Å². The van der Waals surface area contributed by atoms with E-state index in [0.29, 0.717) is 22.3 Å². The lowest BCUT2D eigenvalue weighted by Crippen LogP contribution is -2.41. The molecule has 2 rings (SSSR count). The molecule has 0 aromatic heterocycles. The summed E-state index contributed by atoms with van der Waals surface area (Å²) in [6.07, 6.45) is 2.21. The second-order valence-electron chi connectivity index (χ2n) is 5.50. The van der Waals surface area contributed by atoms with Gasteiger partial charge in [0.1, 0.15) is 0 Å². The Balaban J connectivity index is 2.00. The maximum atomic E-state index is 12.2. The van der Waals surface area contributed by atoms with Crippen molar-refractivity contribution in [1.29, 1.82) is 0 Å². The number of anilines is 2. The van der Waals surface area contributed by atoms with E-state index < -0.39 is 0 Å². The third-order valence-corrected chi connectivity index (χ3v) is 3.79. The van der Waals surface area contributed by atoms with Crippen LogP contribution in [0.15, 0.2) is 18.2 Å². The fraction of sp³-hybridized carbons (Fsp3) is 0.467. The van der Waals surface area contributed by atoms with E-state index in [2.05, 4.69) is 17.6 Å². The van der Waals surface area contributed by atoms with Crippen LogP contribution in [0.25, 0.3) is 0 Å². The van der Waals surface area contributed by atoms with Gasteiger partial charge in [0, 0.05) is 25.7 Å². The molecule has 114 valence electrons. The molecule has 0 bridgehead atoms. The summed E-state index contributed by atoms with van der Waals surface area (Å²) >= 11 is 6.09. The van der Waals surface area contributed by atoms with E-state index in [9.17, 15) is 9.59 Å². The number of halogens is 1. The Morgan fingerprint density at radius 3 is 2.71 bits per heavy atom. The van der Waals surface area contributed by atoms with Gasteiger partial charge in [0.2, 0.25) is 5.91 Å². The van der Waals surface area contributed by atoms with E-state index in [1.807, 2.05) is 4.90 Å². The predicted molar refractivity (Wildman–Crippen MR) is 84.7 cm³/mol. The maximum absolute atomic E-state index is 12.2. The molecule has 1 heterocycles. The van der Waals surface area contributed by atoms with Crippen molar-refractivity contribution in [2.75, 3.05) is 23.7 Å². The van der Waals surface area contributed by atoms with Gasteiger partial charge >= 0.3 is 6.03 Å². The summed E-state index contributed by atoms with van der Waals surface area (Å²) < 4.78 is 0. The van der Waals surface area contributed by atoms with Crippen molar-refractivity contribution in [3.05, 3.63) is 23.2 Å². The second-order valence-corrected chi connectivity index (χ2v) is 5.91. The summed E-state index contributed by atoms with van der Waals surface area (Å²) in [4.78, 5) is 25.0. The number of rotatable bonds is 2. The van der Waals surface area contributed by atoms with Crippen LogP contribution in [0.3, 0.4) is 0 Å². The quantitative estimate of drug-likeness (QED) is 0.877. The van der Waals surface area contributed by atoms with Crippen molar-refractivity contribution < 1.29 is 9.59 Å². The van der Waals surface area contributed by atoms with Crippen LogP contribution in [0.1, 0.15) is 26.7 Å². The number of piperidine rings is 1. The summed E-state index contributed by atoms with van der Waals surface area (Å²) in [5, 5.41) is 5.87. The zero-order valence-electron chi connectivity index (χ0n) is 12.3. The van der Waals surface area contributed by atoms with Gasteiger partial charge in [-0.1, -0.05) is 18.5 Å². The molecule has 6 heteroatoms. The molecule has 0 radical (unpaired) electrons. The molecule has 1 aromatic carbocycles. The van der Waals surface area contributed by atoms with Crippen molar-refractivity contribution in [2.45, 2.75) is 26.7 Å². The number of hydrogen-bond donors (Lipinski definition) is 2. The van der Waals surface area contributed by atoms with Crippen molar-refractivity contribution >= 4 is 34.9 Å². The monoisotopic (exact) mass is 309 g/mol. The van der Waals surface area contributed by atoms with E-state index in [0.717, 1.165) is 19.5 Å². The molecule has 5 nitrogen and oxygen atoms in total. The third kappa shape index (κ3) is 4.36. The second kappa shape index (κ2) is 6.80. The molecule has 1 atom stereocenters. The highest BCUT2D eigenvalue weighted by Crippen LogP contribution is 2.26. The van der Waals surface area contributed by atoms with Crippen molar-refractivity contribution in [1.82, 2.24) is 4.90 Å². The number of nitrogens with zero attached hydrogens (tertiary/aromatic N) is 1. The molecule has 0 saturated carbocycles. The summed E-state index contributed by atoms with van der Waals surface area (Å²) in [6, 6.07) is 4.93.